The van der Waals surface area contributed by atoms with E-state index in [-0.39, 0.29) is 18.1 Å². The molecule has 1 aliphatic rings. The van der Waals surface area contributed by atoms with Crippen molar-refractivity contribution in [2.75, 3.05) is 0 Å². The smallest absolute Gasteiger partial charge is 0.240 e. The third-order valence-corrected chi connectivity index (χ3v) is 7.07. The highest BCUT2D eigenvalue weighted by molar-refractivity contribution is 8.15. The summed E-state index contributed by atoms with van der Waals surface area (Å²) in [5.41, 5.74) is 3.94. The fourth-order valence-corrected chi connectivity index (χ4v) is 5.16. The van der Waals surface area contributed by atoms with Crippen LogP contribution in [0.2, 0.25) is 0 Å². The van der Waals surface area contributed by atoms with E-state index < -0.39 is 5.25 Å². The first-order chi connectivity index (χ1) is 15.7. The topological polar surface area (TPSA) is 86.7 Å². The number of amidine groups is 1. The molecule has 1 amide bonds. The second-order valence-corrected chi connectivity index (χ2v) is 9.31. The molecule has 2 N–H and O–H groups in total. The largest absolute Gasteiger partial charge is 0.354 e. The number of rotatable bonds is 6. The lowest BCUT2D eigenvalue weighted by atomic mass is 10.1. The Morgan fingerprint density at radius 3 is 2.66 bits per heavy atom. The summed E-state index contributed by atoms with van der Waals surface area (Å²) < 4.78 is 0. The zero-order chi connectivity index (χ0) is 21.9. The Kier molecular flexibility index (Phi) is 5.70. The molecule has 3 heterocycles. The van der Waals surface area contributed by atoms with Gasteiger partial charge >= 0.3 is 0 Å². The average molecular weight is 459 g/mol. The van der Waals surface area contributed by atoms with Crippen molar-refractivity contribution in [2.24, 2.45) is 10.2 Å². The van der Waals surface area contributed by atoms with Gasteiger partial charge in [-0.05, 0) is 23.1 Å². The predicted octanol–water partition coefficient (Wildman–Crippen LogP) is 5.09. The predicted molar refractivity (Wildman–Crippen MR) is 132 cm³/mol. The molecular formula is C24H18N4O2S2. The molecule has 2 aromatic carbocycles. The van der Waals surface area contributed by atoms with Gasteiger partial charge in [0.2, 0.25) is 5.91 Å². The van der Waals surface area contributed by atoms with E-state index >= 15 is 0 Å². The lowest BCUT2D eigenvalue weighted by Crippen LogP contribution is -2.26. The number of thioether (sulfide) groups is 1. The van der Waals surface area contributed by atoms with Gasteiger partial charge < -0.3 is 10.3 Å². The lowest BCUT2D eigenvalue weighted by Gasteiger charge is -2.02. The van der Waals surface area contributed by atoms with Crippen molar-refractivity contribution >= 4 is 57.1 Å². The van der Waals surface area contributed by atoms with E-state index in [1.807, 2.05) is 66.0 Å². The Hall–Kier alpha value is -3.49. The Bertz CT molecular complexity index is 1340. The molecule has 0 aliphatic carbocycles. The summed E-state index contributed by atoms with van der Waals surface area (Å²) in [5.74, 6) is -0.255. The average Bonchev–Trinajstić information content (AvgIpc) is 3.55. The van der Waals surface area contributed by atoms with Gasteiger partial charge in [0.1, 0.15) is 0 Å². The number of fused-ring (bicyclic) bond motifs is 1. The van der Waals surface area contributed by atoms with Crippen molar-refractivity contribution in [1.82, 2.24) is 10.3 Å². The number of H-pyrrole nitrogens is 1. The number of nitrogens with zero attached hydrogens (tertiary/aromatic N) is 2. The molecule has 1 aliphatic heterocycles. The number of nitrogens with one attached hydrogen (secondary N) is 2. The van der Waals surface area contributed by atoms with Crippen molar-refractivity contribution in [2.45, 2.75) is 11.7 Å². The fraction of sp³-hybridized carbons (Fsp3) is 0.0833. The zero-order valence-electron chi connectivity index (χ0n) is 16.8. The summed E-state index contributed by atoms with van der Waals surface area (Å²) in [6.07, 6.45) is 1.84. The highest BCUT2D eigenvalue weighted by Crippen LogP contribution is 2.29. The number of aromatic amines is 1. The van der Waals surface area contributed by atoms with Gasteiger partial charge in [-0.15, -0.1) is 16.4 Å². The second kappa shape index (κ2) is 8.94. The van der Waals surface area contributed by atoms with Crippen LogP contribution in [-0.2, 0) is 4.79 Å². The summed E-state index contributed by atoms with van der Waals surface area (Å²) in [7, 11) is 0. The Morgan fingerprint density at radius 1 is 1.03 bits per heavy atom. The molecule has 8 heteroatoms. The maximum Gasteiger partial charge on any atom is 0.240 e. The van der Waals surface area contributed by atoms with E-state index in [1.54, 1.807) is 12.3 Å². The van der Waals surface area contributed by atoms with Crippen LogP contribution in [-0.4, -0.2) is 33.3 Å². The van der Waals surface area contributed by atoms with Crippen LogP contribution in [0.4, 0.5) is 0 Å². The maximum absolute atomic E-state index is 12.3. The third kappa shape index (κ3) is 4.15. The Labute approximate surface area is 192 Å². The first-order valence-corrected chi connectivity index (χ1v) is 11.8. The van der Waals surface area contributed by atoms with Crippen molar-refractivity contribution in [3.63, 3.8) is 0 Å². The molecule has 5 rings (SSSR count). The summed E-state index contributed by atoms with van der Waals surface area (Å²) >= 11 is 2.62. The first-order valence-electron chi connectivity index (χ1n) is 10.0. The molecule has 0 bridgehead atoms. The van der Waals surface area contributed by atoms with Crippen molar-refractivity contribution < 1.29 is 9.59 Å². The van der Waals surface area contributed by atoms with Crippen LogP contribution in [0, 0.1) is 0 Å². The zero-order valence-corrected chi connectivity index (χ0v) is 18.5. The van der Waals surface area contributed by atoms with Crippen LogP contribution >= 0.6 is 23.1 Å². The van der Waals surface area contributed by atoms with Crippen LogP contribution in [0.15, 0.2) is 82.3 Å². The van der Waals surface area contributed by atoms with Gasteiger partial charge in [-0.2, -0.15) is 5.10 Å². The van der Waals surface area contributed by atoms with E-state index in [1.165, 1.54) is 23.1 Å². The lowest BCUT2D eigenvalue weighted by molar-refractivity contribution is -0.118. The number of hydrogen-bond acceptors (Lipinski definition) is 6. The number of para-hydroxylation sites is 1. The van der Waals surface area contributed by atoms with Crippen molar-refractivity contribution in [3.05, 3.63) is 82.6 Å². The standard InChI is InChI=1S/C24H18N4O2S2/c29-19(20-11-6-12-31-20)13-21-23(30)27-24(32-21)28-25-14-17-16-9-4-5-10-18(16)26-22(17)15-7-2-1-3-8-15/h1-12,14,21,26H,13H2,(H,27,28,30)/b25-14+. The van der Waals surface area contributed by atoms with Crippen LogP contribution in [0.1, 0.15) is 21.7 Å². The molecule has 0 saturated carbocycles. The number of benzene rings is 2. The number of ketones is 1. The first kappa shape index (κ1) is 20.4. The number of carbonyl (C=O) groups is 2. The van der Waals surface area contributed by atoms with Gasteiger partial charge in [-0.3, -0.25) is 9.59 Å². The monoisotopic (exact) mass is 458 g/mol. The van der Waals surface area contributed by atoms with Gasteiger partial charge in [0, 0.05) is 22.9 Å². The third-order valence-electron chi connectivity index (χ3n) is 5.09. The fourth-order valence-electron chi connectivity index (χ4n) is 3.56. The SMILES string of the molecule is O=C(CC1S/C(=N\N=C\c2c(-c3ccccc3)[nH]c3ccccc23)NC1=O)c1cccs1. The highest BCUT2D eigenvalue weighted by Gasteiger charge is 2.32. The van der Waals surface area contributed by atoms with Crippen molar-refractivity contribution in [3.8, 4) is 11.3 Å². The van der Waals surface area contributed by atoms with E-state index in [0.29, 0.717) is 10.0 Å². The van der Waals surface area contributed by atoms with Gasteiger partial charge in [0.25, 0.3) is 0 Å². The van der Waals surface area contributed by atoms with Gasteiger partial charge in [0.05, 0.1) is 22.0 Å². The number of Topliss-reactive ketones (excluding diaryl/α,β-unsaturated/α-hetero) is 1. The molecule has 1 saturated heterocycles. The molecule has 4 aromatic rings. The quantitative estimate of drug-likeness (QED) is 0.240. The van der Waals surface area contributed by atoms with Crippen LogP contribution in [0.25, 0.3) is 22.2 Å². The Morgan fingerprint density at radius 2 is 1.84 bits per heavy atom. The molecule has 1 unspecified atom stereocenters. The summed E-state index contributed by atoms with van der Waals surface area (Å²) in [4.78, 5) is 28.7. The van der Waals surface area contributed by atoms with Crippen LogP contribution in [0.5, 0.6) is 0 Å². The molecule has 6 nitrogen and oxygen atoms in total. The van der Waals surface area contributed by atoms with E-state index in [2.05, 4.69) is 20.5 Å². The van der Waals surface area contributed by atoms with E-state index in [4.69, 9.17) is 0 Å². The number of hydrogen-bond donors (Lipinski definition) is 2. The minimum absolute atomic E-state index is 0.0382. The summed E-state index contributed by atoms with van der Waals surface area (Å²) in [6, 6.07) is 21.7. The number of thiophene rings is 1. The van der Waals surface area contributed by atoms with Gasteiger partial charge in [0.15, 0.2) is 11.0 Å². The van der Waals surface area contributed by atoms with E-state index in [0.717, 1.165) is 27.7 Å². The molecule has 2 aromatic heterocycles. The summed E-state index contributed by atoms with van der Waals surface area (Å²) in [6.45, 7) is 0. The Balaban J connectivity index is 1.37. The van der Waals surface area contributed by atoms with Crippen LogP contribution in [0.3, 0.4) is 0 Å². The molecule has 1 fully saturated rings. The number of aromatic nitrogens is 1. The minimum Gasteiger partial charge on any atom is -0.354 e. The molecule has 158 valence electrons. The molecule has 32 heavy (non-hydrogen) atoms. The normalized spacial score (nSPS) is 17.4. The van der Waals surface area contributed by atoms with E-state index in [9.17, 15) is 9.59 Å². The molecule has 0 spiro atoms. The van der Waals surface area contributed by atoms with Crippen molar-refractivity contribution in [1.29, 1.82) is 0 Å². The molecule has 1 atom stereocenters. The maximum atomic E-state index is 12.3. The second-order valence-electron chi connectivity index (χ2n) is 7.18. The van der Waals surface area contributed by atoms with Crippen LogP contribution < -0.4 is 5.32 Å². The highest BCUT2D eigenvalue weighted by atomic mass is 32.2. The number of amides is 1. The number of carbonyl (C=O) groups excluding carboxylic acids is 2. The molecule has 0 radical (unpaired) electrons. The minimum atomic E-state index is -0.494. The van der Waals surface area contributed by atoms with Gasteiger partial charge in [-0.1, -0.05) is 66.4 Å². The molecular weight excluding hydrogens is 440 g/mol. The van der Waals surface area contributed by atoms with Gasteiger partial charge in [-0.25, -0.2) is 0 Å². The summed E-state index contributed by atoms with van der Waals surface area (Å²) in [5, 5.41) is 14.0.